The van der Waals surface area contributed by atoms with Gasteiger partial charge in [-0.1, -0.05) is 18.2 Å². The quantitative estimate of drug-likeness (QED) is 0.778. The zero-order chi connectivity index (χ0) is 12.9. The van der Waals surface area contributed by atoms with Gasteiger partial charge in [-0.15, -0.1) is 0 Å². The highest BCUT2D eigenvalue weighted by molar-refractivity contribution is 5.63. The maximum atomic E-state index is 12.8. The number of benzene rings is 1. The lowest BCUT2D eigenvalue weighted by molar-refractivity contribution is 0.431. The first-order chi connectivity index (χ1) is 7.88. The van der Waals surface area contributed by atoms with Gasteiger partial charge in [-0.05, 0) is 63.9 Å². The first kappa shape index (κ1) is 13.9. The van der Waals surface area contributed by atoms with E-state index in [1.54, 1.807) is 0 Å². The van der Waals surface area contributed by atoms with Crippen LogP contribution in [0.1, 0.15) is 39.7 Å². The van der Waals surface area contributed by atoms with Gasteiger partial charge in [0, 0.05) is 5.54 Å². The number of halogens is 1. The summed E-state index contributed by atoms with van der Waals surface area (Å²) in [6.45, 7) is 9.49. The molecule has 0 amide bonds. The van der Waals surface area contributed by atoms with Gasteiger partial charge in [0.2, 0.25) is 0 Å². The predicted molar refractivity (Wildman–Crippen MR) is 72.4 cm³/mol. The van der Waals surface area contributed by atoms with Crippen molar-refractivity contribution in [2.24, 2.45) is 0 Å². The van der Waals surface area contributed by atoms with Crippen molar-refractivity contribution >= 4 is 5.57 Å². The van der Waals surface area contributed by atoms with Crippen LogP contribution in [0.2, 0.25) is 0 Å². The Morgan fingerprint density at radius 3 is 2.35 bits per heavy atom. The van der Waals surface area contributed by atoms with E-state index >= 15 is 0 Å². The predicted octanol–water partition coefficient (Wildman–Crippen LogP) is 4.01. The molecular weight excluding hydrogens is 213 g/mol. The van der Waals surface area contributed by atoms with Crippen molar-refractivity contribution < 1.29 is 4.39 Å². The van der Waals surface area contributed by atoms with Gasteiger partial charge in [-0.25, -0.2) is 4.39 Å². The van der Waals surface area contributed by atoms with Crippen LogP contribution in [0.3, 0.4) is 0 Å². The third-order valence-corrected chi connectivity index (χ3v) is 2.55. The minimum Gasteiger partial charge on any atom is -0.312 e. The minimum atomic E-state index is -0.184. The molecule has 0 heterocycles. The summed E-state index contributed by atoms with van der Waals surface area (Å²) < 4.78 is 12.8. The summed E-state index contributed by atoms with van der Waals surface area (Å²) in [4.78, 5) is 0. The van der Waals surface area contributed by atoms with E-state index < -0.39 is 0 Å². The van der Waals surface area contributed by atoms with Gasteiger partial charge in [0.05, 0.1) is 0 Å². The molecule has 94 valence electrons. The number of hydrogen-bond acceptors (Lipinski definition) is 1. The molecule has 0 radical (unpaired) electrons. The Morgan fingerprint density at radius 1 is 1.24 bits per heavy atom. The topological polar surface area (TPSA) is 12.0 Å². The molecule has 0 bridgehead atoms. The van der Waals surface area contributed by atoms with E-state index in [2.05, 4.69) is 39.1 Å². The zero-order valence-electron chi connectivity index (χ0n) is 11.2. The molecule has 0 aromatic heterocycles. The SMILES string of the molecule is CC(=CCCNC(C)(C)C)c1ccc(F)cc1. The van der Waals surface area contributed by atoms with Crippen molar-refractivity contribution in [3.8, 4) is 0 Å². The molecule has 1 aromatic rings. The summed E-state index contributed by atoms with van der Waals surface area (Å²) >= 11 is 0. The van der Waals surface area contributed by atoms with Gasteiger partial charge in [-0.3, -0.25) is 0 Å². The van der Waals surface area contributed by atoms with E-state index in [1.807, 2.05) is 12.1 Å². The van der Waals surface area contributed by atoms with E-state index in [0.29, 0.717) is 0 Å². The Hall–Kier alpha value is -1.15. The minimum absolute atomic E-state index is 0.164. The number of hydrogen-bond donors (Lipinski definition) is 1. The molecule has 0 aliphatic carbocycles. The normalized spacial score (nSPS) is 12.9. The maximum absolute atomic E-state index is 12.8. The van der Waals surface area contributed by atoms with Crippen molar-refractivity contribution in [1.29, 1.82) is 0 Å². The summed E-state index contributed by atoms with van der Waals surface area (Å²) in [5.41, 5.74) is 2.44. The molecule has 0 aliphatic rings. The Morgan fingerprint density at radius 2 is 1.82 bits per heavy atom. The molecule has 0 saturated heterocycles. The van der Waals surface area contributed by atoms with E-state index in [-0.39, 0.29) is 11.4 Å². The smallest absolute Gasteiger partial charge is 0.123 e. The molecule has 0 fully saturated rings. The van der Waals surface area contributed by atoms with Crippen LogP contribution < -0.4 is 5.32 Å². The van der Waals surface area contributed by atoms with Crippen molar-refractivity contribution in [1.82, 2.24) is 5.32 Å². The molecule has 17 heavy (non-hydrogen) atoms. The lowest BCUT2D eigenvalue weighted by Gasteiger charge is -2.19. The monoisotopic (exact) mass is 235 g/mol. The molecule has 0 atom stereocenters. The molecule has 1 N–H and O–H groups in total. The van der Waals surface area contributed by atoms with Crippen LogP contribution in [0.15, 0.2) is 30.3 Å². The van der Waals surface area contributed by atoms with E-state index in [0.717, 1.165) is 18.5 Å². The maximum Gasteiger partial charge on any atom is 0.123 e. The van der Waals surface area contributed by atoms with Crippen LogP contribution >= 0.6 is 0 Å². The third kappa shape index (κ3) is 5.64. The molecule has 1 nitrogen and oxygen atoms in total. The second kappa shape index (κ2) is 5.97. The fraction of sp³-hybridized carbons (Fsp3) is 0.467. The average molecular weight is 235 g/mol. The number of nitrogens with one attached hydrogen (secondary N) is 1. The molecule has 0 saturated carbocycles. The standard InChI is InChI=1S/C15H22FN/c1-12(6-5-11-17-15(2,3)4)13-7-9-14(16)10-8-13/h6-10,17H,5,11H2,1-4H3. The molecule has 2 heteroatoms. The van der Waals surface area contributed by atoms with Crippen LogP contribution in [0.4, 0.5) is 4.39 Å². The van der Waals surface area contributed by atoms with Gasteiger partial charge in [0.15, 0.2) is 0 Å². The molecule has 0 aliphatic heterocycles. The summed E-state index contributed by atoms with van der Waals surface area (Å²) in [5, 5.41) is 3.43. The Bertz CT molecular complexity index is 371. The number of rotatable bonds is 4. The van der Waals surface area contributed by atoms with Crippen molar-refractivity contribution in [2.75, 3.05) is 6.54 Å². The summed E-state index contributed by atoms with van der Waals surface area (Å²) in [5.74, 6) is -0.184. The molecule has 0 unspecified atom stereocenters. The Labute approximate surface area is 104 Å². The van der Waals surface area contributed by atoms with Crippen LogP contribution in [0, 0.1) is 5.82 Å². The molecular formula is C15H22FN. The van der Waals surface area contributed by atoms with Crippen LogP contribution in [-0.2, 0) is 0 Å². The lowest BCUT2D eigenvalue weighted by Crippen LogP contribution is -2.36. The van der Waals surface area contributed by atoms with Gasteiger partial charge >= 0.3 is 0 Å². The summed E-state index contributed by atoms with van der Waals surface area (Å²) in [6.07, 6.45) is 3.17. The van der Waals surface area contributed by atoms with Crippen LogP contribution in [0.5, 0.6) is 0 Å². The van der Waals surface area contributed by atoms with E-state index in [9.17, 15) is 4.39 Å². The van der Waals surface area contributed by atoms with Crippen LogP contribution in [0.25, 0.3) is 5.57 Å². The fourth-order valence-electron chi connectivity index (χ4n) is 1.57. The average Bonchev–Trinajstić information content (AvgIpc) is 2.24. The lowest BCUT2D eigenvalue weighted by atomic mass is 10.1. The van der Waals surface area contributed by atoms with E-state index in [4.69, 9.17) is 0 Å². The van der Waals surface area contributed by atoms with Crippen molar-refractivity contribution in [3.05, 3.63) is 41.7 Å². The van der Waals surface area contributed by atoms with Gasteiger partial charge in [0.1, 0.15) is 5.82 Å². The fourth-order valence-corrected chi connectivity index (χ4v) is 1.57. The largest absolute Gasteiger partial charge is 0.312 e. The second-order valence-corrected chi connectivity index (χ2v) is 5.36. The first-order valence-electron chi connectivity index (χ1n) is 6.06. The van der Waals surface area contributed by atoms with Crippen LogP contribution in [-0.4, -0.2) is 12.1 Å². The van der Waals surface area contributed by atoms with Gasteiger partial charge in [0.25, 0.3) is 0 Å². The number of allylic oxidation sites excluding steroid dienone is 1. The summed E-state index contributed by atoms with van der Waals surface area (Å²) in [7, 11) is 0. The summed E-state index contributed by atoms with van der Waals surface area (Å²) in [6, 6.07) is 6.64. The zero-order valence-corrected chi connectivity index (χ0v) is 11.2. The highest BCUT2D eigenvalue weighted by Crippen LogP contribution is 2.14. The Kier molecular flexibility index (Phi) is 4.88. The van der Waals surface area contributed by atoms with E-state index in [1.165, 1.54) is 17.7 Å². The van der Waals surface area contributed by atoms with Crippen molar-refractivity contribution in [2.45, 2.75) is 39.7 Å². The second-order valence-electron chi connectivity index (χ2n) is 5.36. The molecule has 0 spiro atoms. The van der Waals surface area contributed by atoms with Gasteiger partial charge < -0.3 is 5.32 Å². The first-order valence-corrected chi connectivity index (χ1v) is 6.06. The molecule has 1 rings (SSSR count). The van der Waals surface area contributed by atoms with Crippen molar-refractivity contribution in [3.63, 3.8) is 0 Å². The molecule has 1 aromatic carbocycles. The highest BCUT2D eigenvalue weighted by Gasteiger charge is 2.06. The Balaban J connectivity index is 2.47. The third-order valence-electron chi connectivity index (χ3n) is 2.55. The van der Waals surface area contributed by atoms with Gasteiger partial charge in [-0.2, -0.15) is 0 Å². The highest BCUT2D eigenvalue weighted by atomic mass is 19.1.